The van der Waals surface area contributed by atoms with Gasteiger partial charge in [0, 0.05) is 5.56 Å². The molecule has 0 aliphatic carbocycles. The molecule has 20 heavy (non-hydrogen) atoms. The average molecular weight is 273 g/mol. The van der Waals surface area contributed by atoms with Crippen molar-refractivity contribution >= 4 is 5.97 Å². The fourth-order valence-electron chi connectivity index (χ4n) is 2.04. The predicted molar refractivity (Wildman–Crippen MR) is 76.7 cm³/mol. The van der Waals surface area contributed by atoms with Gasteiger partial charge in [-0.15, -0.1) is 0 Å². The number of methoxy groups -OCH3 is 1. The van der Waals surface area contributed by atoms with Crippen molar-refractivity contribution in [3.63, 3.8) is 0 Å². The Kier molecular flexibility index (Phi) is 3.66. The van der Waals surface area contributed by atoms with Crippen LogP contribution in [-0.2, 0) is 10.2 Å². The van der Waals surface area contributed by atoms with E-state index in [1.165, 1.54) is 12.7 Å². The van der Waals surface area contributed by atoms with E-state index < -0.39 is 5.97 Å². The summed E-state index contributed by atoms with van der Waals surface area (Å²) in [5.74, 6) is 0.0328. The second-order valence-corrected chi connectivity index (χ2v) is 5.78. The fraction of sp³-hybridized carbons (Fsp3) is 0.375. The molecule has 0 unspecified atom stereocenters. The summed E-state index contributed by atoms with van der Waals surface area (Å²) >= 11 is 0. The molecule has 0 radical (unpaired) electrons. The highest BCUT2D eigenvalue weighted by atomic mass is 16.5. The van der Waals surface area contributed by atoms with Gasteiger partial charge in [-0.25, -0.2) is 4.79 Å². The van der Waals surface area contributed by atoms with Crippen molar-refractivity contribution in [3.05, 3.63) is 41.2 Å². The fourth-order valence-corrected chi connectivity index (χ4v) is 2.04. The predicted octanol–water partition coefficient (Wildman–Crippen LogP) is 3.73. The summed E-state index contributed by atoms with van der Waals surface area (Å²) in [6.45, 7) is 8.17. The summed E-state index contributed by atoms with van der Waals surface area (Å²) < 4.78 is 9.90. The number of ether oxygens (including phenoxy) is 1. The Morgan fingerprint density at radius 2 is 1.80 bits per heavy atom. The minimum Gasteiger partial charge on any atom is -0.465 e. The number of aromatic nitrogens is 1. The summed E-state index contributed by atoms with van der Waals surface area (Å²) in [5.41, 5.74) is 3.06. The van der Waals surface area contributed by atoms with E-state index in [1.807, 2.05) is 24.3 Å². The molecule has 0 saturated heterocycles. The molecule has 2 rings (SSSR count). The third-order valence-corrected chi connectivity index (χ3v) is 3.28. The zero-order valence-electron chi connectivity index (χ0n) is 12.5. The minimum absolute atomic E-state index is 0.0868. The average Bonchev–Trinajstić information content (AvgIpc) is 2.79. The van der Waals surface area contributed by atoms with Crippen molar-refractivity contribution in [3.8, 4) is 11.3 Å². The van der Waals surface area contributed by atoms with Crippen LogP contribution in [0, 0.1) is 6.92 Å². The normalized spacial score (nSPS) is 11.4. The number of nitrogens with zero attached hydrogens (tertiary/aromatic N) is 1. The zero-order chi connectivity index (χ0) is 14.9. The zero-order valence-corrected chi connectivity index (χ0v) is 12.5. The van der Waals surface area contributed by atoms with Crippen LogP contribution in [0.3, 0.4) is 0 Å². The third kappa shape index (κ3) is 2.59. The van der Waals surface area contributed by atoms with Crippen LogP contribution in [0.15, 0.2) is 28.8 Å². The number of aryl methyl sites for hydroxylation is 1. The maximum atomic E-state index is 11.8. The van der Waals surface area contributed by atoms with Gasteiger partial charge >= 0.3 is 5.97 Å². The molecule has 0 bridgehead atoms. The maximum absolute atomic E-state index is 11.8. The highest BCUT2D eigenvalue weighted by Crippen LogP contribution is 2.29. The molecule has 0 spiro atoms. The van der Waals surface area contributed by atoms with Crippen molar-refractivity contribution < 1.29 is 14.1 Å². The second kappa shape index (κ2) is 5.12. The van der Waals surface area contributed by atoms with Gasteiger partial charge in [-0.2, -0.15) is 0 Å². The van der Waals surface area contributed by atoms with Crippen molar-refractivity contribution in [2.24, 2.45) is 0 Å². The molecule has 0 atom stereocenters. The van der Waals surface area contributed by atoms with E-state index in [0.717, 1.165) is 5.56 Å². The van der Waals surface area contributed by atoms with Gasteiger partial charge in [0.1, 0.15) is 17.0 Å². The van der Waals surface area contributed by atoms with E-state index in [0.29, 0.717) is 17.0 Å². The molecule has 1 aromatic heterocycles. The van der Waals surface area contributed by atoms with Crippen LogP contribution >= 0.6 is 0 Å². The molecular formula is C16H19NO3. The monoisotopic (exact) mass is 273 g/mol. The van der Waals surface area contributed by atoms with Gasteiger partial charge in [0.2, 0.25) is 0 Å². The summed E-state index contributed by atoms with van der Waals surface area (Å²) in [7, 11) is 1.35. The van der Waals surface area contributed by atoms with Gasteiger partial charge in [-0.3, -0.25) is 0 Å². The Morgan fingerprint density at radius 1 is 1.20 bits per heavy atom. The summed E-state index contributed by atoms with van der Waals surface area (Å²) in [5, 5.41) is 3.97. The van der Waals surface area contributed by atoms with E-state index in [-0.39, 0.29) is 5.41 Å². The lowest BCUT2D eigenvalue weighted by molar-refractivity contribution is 0.0599. The Balaban J connectivity index is 2.45. The van der Waals surface area contributed by atoms with Crippen molar-refractivity contribution in [1.82, 2.24) is 5.16 Å². The molecule has 106 valence electrons. The summed E-state index contributed by atoms with van der Waals surface area (Å²) in [6.07, 6.45) is 0. The number of carbonyl (C=O) groups is 1. The van der Waals surface area contributed by atoms with E-state index in [9.17, 15) is 4.79 Å². The molecule has 0 aliphatic rings. The molecule has 0 fully saturated rings. The smallest absolute Gasteiger partial charge is 0.343 e. The van der Waals surface area contributed by atoms with Crippen LogP contribution in [0.5, 0.6) is 0 Å². The topological polar surface area (TPSA) is 52.3 Å². The van der Waals surface area contributed by atoms with Crippen molar-refractivity contribution in [1.29, 1.82) is 0 Å². The Labute approximate surface area is 118 Å². The van der Waals surface area contributed by atoms with Gasteiger partial charge in [-0.05, 0) is 17.9 Å². The second-order valence-electron chi connectivity index (χ2n) is 5.78. The standard InChI is InChI=1S/C16H19NO3/c1-10-13(15(18)19-5)14(17-20-10)11-6-8-12(9-7-11)16(2,3)4/h6-9H,1-5H3. The van der Waals surface area contributed by atoms with E-state index >= 15 is 0 Å². The quantitative estimate of drug-likeness (QED) is 0.782. The lowest BCUT2D eigenvalue weighted by Gasteiger charge is -2.18. The van der Waals surface area contributed by atoms with Crippen LogP contribution in [0.4, 0.5) is 0 Å². The molecule has 0 N–H and O–H groups in total. The number of hydrogen-bond donors (Lipinski definition) is 0. The molecule has 4 heteroatoms. The van der Waals surface area contributed by atoms with Gasteiger partial charge in [0.05, 0.1) is 7.11 Å². The van der Waals surface area contributed by atoms with E-state index in [1.54, 1.807) is 6.92 Å². The first-order valence-corrected chi connectivity index (χ1v) is 6.50. The van der Waals surface area contributed by atoms with Crippen LogP contribution < -0.4 is 0 Å². The number of rotatable bonds is 2. The third-order valence-electron chi connectivity index (χ3n) is 3.28. The first kappa shape index (κ1) is 14.3. The van der Waals surface area contributed by atoms with Crippen molar-refractivity contribution in [2.45, 2.75) is 33.1 Å². The maximum Gasteiger partial charge on any atom is 0.343 e. The van der Waals surface area contributed by atoms with E-state index in [4.69, 9.17) is 9.26 Å². The van der Waals surface area contributed by atoms with Crippen LogP contribution in [0.1, 0.15) is 42.5 Å². The van der Waals surface area contributed by atoms with Gasteiger partial charge in [-0.1, -0.05) is 50.2 Å². The van der Waals surface area contributed by atoms with Gasteiger partial charge in [0.15, 0.2) is 0 Å². The summed E-state index contributed by atoms with van der Waals surface area (Å²) in [4.78, 5) is 11.8. The van der Waals surface area contributed by atoms with E-state index in [2.05, 4.69) is 25.9 Å². The van der Waals surface area contributed by atoms with Crippen LogP contribution in [0.2, 0.25) is 0 Å². The molecule has 1 heterocycles. The largest absolute Gasteiger partial charge is 0.465 e. The molecular weight excluding hydrogens is 254 g/mol. The first-order chi connectivity index (χ1) is 9.34. The van der Waals surface area contributed by atoms with Gasteiger partial charge < -0.3 is 9.26 Å². The Bertz CT molecular complexity index is 618. The highest BCUT2D eigenvalue weighted by molar-refractivity contribution is 5.96. The Hall–Kier alpha value is -2.10. The lowest BCUT2D eigenvalue weighted by atomic mass is 9.86. The molecule has 1 aromatic carbocycles. The molecule has 0 aliphatic heterocycles. The molecule has 4 nitrogen and oxygen atoms in total. The lowest BCUT2D eigenvalue weighted by Crippen LogP contribution is -2.10. The number of benzene rings is 1. The minimum atomic E-state index is -0.432. The van der Waals surface area contributed by atoms with Crippen LogP contribution in [-0.4, -0.2) is 18.2 Å². The van der Waals surface area contributed by atoms with Crippen molar-refractivity contribution in [2.75, 3.05) is 7.11 Å². The Morgan fingerprint density at radius 3 is 2.30 bits per heavy atom. The molecule has 2 aromatic rings. The highest BCUT2D eigenvalue weighted by Gasteiger charge is 2.22. The first-order valence-electron chi connectivity index (χ1n) is 6.50. The van der Waals surface area contributed by atoms with Gasteiger partial charge in [0.25, 0.3) is 0 Å². The molecule has 0 amide bonds. The number of esters is 1. The summed E-state index contributed by atoms with van der Waals surface area (Å²) in [6, 6.07) is 7.98. The number of carbonyl (C=O) groups excluding carboxylic acids is 1. The molecule has 0 saturated carbocycles. The SMILES string of the molecule is COC(=O)c1c(-c2ccc(C(C)(C)C)cc2)noc1C. The van der Waals surface area contributed by atoms with Crippen LogP contribution in [0.25, 0.3) is 11.3 Å². The number of hydrogen-bond acceptors (Lipinski definition) is 4.